The number of anilines is 1. The van der Waals surface area contributed by atoms with Crippen LogP contribution >= 0.6 is 11.8 Å². The minimum Gasteiger partial charge on any atom is -0.319 e. The van der Waals surface area contributed by atoms with Crippen molar-refractivity contribution < 1.29 is 9.72 Å². The quantitative estimate of drug-likeness (QED) is 0.316. The Hall–Kier alpha value is -2.42. The smallest absolute Gasteiger partial charge is 0.292 e. The largest absolute Gasteiger partial charge is 0.319 e. The Bertz CT molecular complexity index is 734. The summed E-state index contributed by atoms with van der Waals surface area (Å²) in [6.07, 6.45) is 4.93. The van der Waals surface area contributed by atoms with Gasteiger partial charge in [-0.2, -0.15) is 0 Å². The van der Waals surface area contributed by atoms with Crippen molar-refractivity contribution in [3.8, 4) is 0 Å². The van der Waals surface area contributed by atoms with Crippen LogP contribution in [0.5, 0.6) is 0 Å². The fourth-order valence-electron chi connectivity index (χ4n) is 2.21. The van der Waals surface area contributed by atoms with Crippen LogP contribution in [0.4, 0.5) is 11.4 Å². The highest BCUT2D eigenvalue weighted by Crippen LogP contribution is 2.26. The van der Waals surface area contributed by atoms with Crippen LogP contribution in [0, 0.1) is 10.1 Å². The summed E-state index contributed by atoms with van der Waals surface area (Å²) in [5, 5.41) is 21.8. The first-order valence-electron chi connectivity index (χ1n) is 8.11. The van der Waals surface area contributed by atoms with Gasteiger partial charge in [0.2, 0.25) is 5.91 Å². The molecule has 25 heavy (non-hydrogen) atoms. The fraction of sp³-hybridized carbons (Fsp3) is 0.438. The molecule has 1 aromatic carbocycles. The van der Waals surface area contributed by atoms with E-state index in [2.05, 4.69) is 22.4 Å². The third kappa shape index (κ3) is 5.28. The van der Waals surface area contributed by atoms with E-state index in [1.165, 1.54) is 23.9 Å². The molecular weight excluding hydrogens is 342 g/mol. The Balaban J connectivity index is 2.00. The van der Waals surface area contributed by atoms with E-state index in [0.29, 0.717) is 5.16 Å². The molecule has 0 spiro atoms. The average Bonchev–Trinajstić information content (AvgIpc) is 3.02. The van der Waals surface area contributed by atoms with Gasteiger partial charge >= 0.3 is 0 Å². The van der Waals surface area contributed by atoms with Gasteiger partial charge in [-0.1, -0.05) is 43.7 Å². The third-order valence-corrected chi connectivity index (χ3v) is 4.69. The van der Waals surface area contributed by atoms with Crippen LogP contribution in [-0.2, 0) is 11.3 Å². The number of aryl methyl sites for hydroxylation is 1. The first kappa shape index (κ1) is 18.9. The van der Waals surface area contributed by atoms with Gasteiger partial charge < -0.3 is 9.88 Å². The highest BCUT2D eigenvalue weighted by atomic mass is 32.2. The number of carbonyl (C=O) groups excluding carboxylic acids is 1. The maximum atomic E-state index is 12.4. The molecule has 0 aliphatic carbocycles. The molecule has 9 heteroatoms. The van der Waals surface area contributed by atoms with Gasteiger partial charge in [0.1, 0.15) is 12.0 Å². The van der Waals surface area contributed by atoms with Crippen molar-refractivity contribution in [2.75, 3.05) is 5.32 Å². The molecule has 1 amide bonds. The van der Waals surface area contributed by atoms with Gasteiger partial charge in [0.25, 0.3) is 5.69 Å². The van der Waals surface area contributed by atoms with Crippen molar-refractivity contribution in [2.45, 2.75) is 50.1 Å². The van der Waals surface area contributed by atoms with Crippen molar-refractivity contribution in [3.05, 3.63) is 40.7 Å². The molecule has 0 saturated carbocycles. The zero-order valence-electron chi connectivity index (χ0n) is 14.2. The number of para-hydroxylation sites is 2. The predicted octanol–water partition coefficient (Wildman–Crippen LogP) is 3.50. The van der Waals surface area contributed by atoms with Crippen molar-refractivity contribution in [1.82, 2.24) is 14.8 Å². The zero-order chi connectivity index (χ0) is 18.2. The summed E-state index contributed by atoms with van der Waals surface area (Å²) in [6, 6.07) is 6.08. The summed E-state index contributed by atoms with van der Waals surface area (Å²) in [5.74, 6) is -0.317. The van der Waals surface area contributed by atoms with Gasteiger partial charge in [-0.15, -0.1) is 10.2 Å². The molecule has 0 unspecified atom stereocenters. The molecule has 1 aromatic heterocycles. The number of nitrogens with zero attached hydrogens (tertiary/aromatic N) is 4. The van der Waals surface area contributed by atoms with Gasteiger partial charge in [-0.3, -0.25) is 14.9 Å². The molecule has 0 saturated heterocycles. The molecule has 0 aliphatic heterocycles. The number of carbonyl (C=O) groups is 1. The summed E-state index contributed by atoms with van der Waals surface area (Å²) in [6.45, 7) is 4.68. The second kappa shape index (κ2) is 9.16. The average molecular weight is 363 g/mol. The number of thioether (sulfide) groups is 1. The van der Waals surface area contributed by atoms with E-state index in [1.807, 2.05) is 4.57 Å². The van der Waals surface area contributed by atoms with Crippen molar-refractivity contribution in [1.29, 1.82) is 0 Å². The van der Waals surface area contributed by atoms with Crippen LogP contribution in [0.3, 0.4) is 0 Å². The molecule has 1 N–H and O–H groups in total. The molecule has 0 aliphatic rings. The second-order valence-electron chi connectivity index (χ2n) is 5.54. The standard InChI is InChI=1S/C16H21N5O3S/c1-3-4-7-10-20-11-17-19-16(20)25-12(2)15(22)18-13-8-5-6-9-14(13)21(23)24/h5-6,8-9,11-12H,3-4,7,10H2,1-2H3,(H,18,22)/t12-/m0/s1. The fourth-order valence-corrected chi connectivity index (χ4v) is 3.06. The summed E-state index contributed by atoms with van der Waals surface area (Å²) in [5.41, 5.74) is 0.0603. The van der Waals surface area contributed by atoms with Gasteiger partial charge in [-0.05, 0) is 19.4 Å². The molecule has 0 bridgehead atoms. The van der Waals surface area contributed by atoms with Gasteiger partial charge in [0.15, 0.2) is 5.16 Å². The number of rotatable bonds is 9. The Kier molecular flexibility index (Phi) is 6.93. The number of nitro benzene ring substituents is 1. The van der Waals surface area contributed by atoms with Crippen LogP contribution < -0.4 is 5.32 Å². The van der Waals surface area contributed by atoms with Crippen LogP contribution in [0.2, 0.25) is 0 Å². The Labute approximate surface area is 150 Å². The highest BCUT2D eigenvalue weighted by Gasteiger charge is 2.21. The maximum absolute atomic E-state index is 12.4. The normalized spacial score (nSPS) is 11.9. The monoisotopic (exact) mass is 363 g/mol. The zero-order valence-corrected chi connectivity index (χ0v) is 15.0. The molecule has 134 valence electrons. The first-order chi connectivity index (χ1) is 12.0. The number of aromatic nitrogens is 3. The summed E-state index contributed by atoms with van der Waals surface area (Å²) < 4.78 is 1.93. The van der Waals surface area contributed by atoms with E-state index in [0.717, 1.165) is 25.8 Å². The minimum absolute atomic E-state index is 0.129. The molecule has 0 fully saturated rings. The summed E-state index contributed by atoms with van der Waals surface area (Å²) >= 11 is 1.28. The number of hydrogen-bond acceptors (Lipinski definition) is 6. The first-order valence-corrected chi connectivity index (χ1v) is 8.99. The Morgan fingerprint density at radius 3 is 2.88 bits per heavy atom. The molecule has 2 rings (SSSR count). The number of nitro groups is 1. The third-order valence-electron chi connectivity index (χ3n) is 3.59. The van der Waals surface area contributed by atoms with Gasteiger partial charge in [0, 0.05) is 12.6 Å². The predicted molar refractivity (Wildman–Crippen MR) is 96.6 cm³/mol. The van der Waals surface area contributed by atoms with Crippen molar-refractivity contribution in [3.63, 3.8) is 0 Å². The van der Waals surface area contributed by atoms with Crippen molar-refractivity contribution >= 4 is 29.0 Å². The highest BCUT2D eigenvalue weighted by molar-refractivity contribution is 8.00. The lowest BCUT2D eigenvalue weighted by molar-refractivity contribution is -0.383. The lowest BCUT2D eigenvalue weighted by Gasteiger charge is -2.12. The number of amides is 1. The second-order valence-corrected chi connectivity index (χ2v) is 6.85. The minimum atomic E-state index is -0.516. The van der Waals surface area contributed by atoms with E-state index < -0.39 is 10.2 Å². The topological polar surface area (TPSA) is 103 Å². The van der Waals surface area contributed by atoms with E-state index >= 15 is 0 Å². The van der Waals surface area contributed by atoms with Crippen LogP contribution in [0.1, 0.15) is 33.1 Å². The summed E-state index contributed by atoms with van der Waals surface area (Å²) in [4.78, 5) is 22.9. The maximum Gasteiger partial charge on any atom is 0.292 e. The molecule has 0 radical (unpaired) electrons. The van der Waals surface area contributed by atoms with Crippen LogP contribution in [0.25, 0.3) is 0 Å². The Morgan fingerprint density at radius 1 is 1.40 bits per heavy atom. The molecule has 1 atom stereocenters. The van der Waals surface area contributed by atoms with E-state index in [4.69, 9.17) is 0 Å². The molecule has 8 nitrogen and oxygen atoms in total. The van der Waals surface area contributed by atoms with Crippen LogP contribution in [-0.4, -0.2) is 30.8 Å². The van der Waals surface area contributed by atoms with Gasteiger partial charge in [0.05, 0.1) is 10.2 Å². The molecule has 2 aromatic rings. The lowest BCUT2D eigenvalue weighted by atomic mass is 10.2. The van der Waals surface area contributed by atoms with E-state index in [1.54, 1.807) is 25.4 Å². The van der Waals surface area contributed by atoms with E-state index in [-0.39, 0.29) is 17.3 Å². The lowest BCUT2D eigenvalue weighted by Crippen LogP contribution is -2.23. The molecule has 1 heterocycles. The SMILES string of the molecule is CCCCCn1cnnc1S[C@@H](C)C(=O)Nc1ccccc1[N+](=O)[O-]. The number of hydrogen-bond donors (Lipinski definition) is 1. The van der Waals surface area contributed by atoms with Crippen LogP contribution in [0.15, 0.2) is 35.7 Å². The Morgan fingerprint density at radius 2 is 2.16 bits per heavy atom. The number of unbranched alkanes of at least 4 members (excludes halogenated alkanes) is 2. The summed E-state index contributed by atoms with van der Waals surface area (Å²) in [7, 11) is 0. The van der Waals surface area contributed by atoms with Crippen molar-refractivity contribution in [2.24, 2.45) is 0 Å². The van der Waals surface area contributed by atoms with E-state index in [9.17, 15) is 14.9 Å². The number of nitrogens with one attached hydrogen (secondary N) is 1. The molecular formula is C16H21N5O3S. The number of benzene rings is 1. The van der Waals surface area contributed by atoms with Gasteiger partial charge in [-0.25, -0.2) is 0 Å².